The molecule has 0 spiro atoms. The van der Waals surface area contributed by atoms with Gasteiger partial charge in [-0.1, -0.05) is 13.8 Å². The van der Waals surface area contributed by atoms with E-state index in [4.69, 9.17) is 5.73 Å². The van der Waals surface area contributed by atoms with Crippen molar-refractivity contribution in [2.24, 2.45) is 11.7 Å². The lowest BCUT2D eigenvalue weighted by atomic mass is 10.0. The van der Waals surface area contributed by atoms with E-state index in [-0.39, 0.29) is 12.0 Å². The molecule has 1 aromatic rings. The van der Waals surface area contributed by atoms with E-state index in [1.165, 1.54) is 0 Å². The number of nitrogens with one attached hydrogen (secondary N) is 2. The molecule has 1 atom stereocenters. The minimum Gasteiger partial charge on any atom is -0.368 e. The fourth-order valence-electron chi connectivity index (χ4n) is 1.69. The van der Waals surface area contributed by atoms with Gasteiger partial charge in [0.05, 0.1) is 6.20 Å². The van der Waals surface area contributed by atoms with Crippen LogP contribution in [-0.4, -0.2) is 27.8 Å². The van der Waals surface area contributed by atoms with Crippen LogP contribution in [0.4, 0.5) is 4.79 Å². The first kappa shape index (κ1) is 16.0. The van der Waals surface area contributed by atoms with E-state index in [2.05, 4.69) is 15.7 Å². The van der Waals surface area contributed by atoms with Gasteiger partial charge in [0.2, 0.25) is 5.91 Å². The average Bonchev–Trinajstić information content (AvgIpc) is 2.81. The first-order valence-electron chi connectivity index (χ1n) is 6.68. The van der Waals surface area contributed by atoms with Crippen molar-refractivity contribution in [3.8, 4) is 0 Å². The maximum Gasteiger partial charge on any atom is 0.315 e. The molecule has 7 nitrogen and oxygen atoms in total. The number of hydrogen-bond donors (Lipinski definition) is 3. The second-order valence-electron chi connectivity index (χ2n) is 5.37. The van der Waals surface area contributed by atoms with Crippen LogP contribution in [0.3, 0.4) is 0 Å². The van der Waals surface area contributed by atoms with Crippen molar-refractivity contribution in [1.82, 2.24) is 20.4 Å². The maximum absolute atomic E-state index is 11.7. The predicted molar refractivity (Wildman–Crippen MR) is 75.8 cm³/mol. The van der Waals surface area contributed by atoms with Gasteiger partial charge in [0, 0.05) is 24.3 Å². The highest BCUT2D eigenvalue weighted by atomic mass is 16.2. The Balaban J connectivity index is 2.48. The fraction of sp³-hybridized carbons (Fsp3) is 0.615. The molecular weight excluding hydrogens is 258 g/mol. The molecule has 0 aliphatic carbocycles. The largest absolute Gasteiger partial charge is 0.368 e. The lowest BCUT2D eigenvalue weighted by Crippen LogP contribution is -2.50. The van der Waals surface area contributed by atoms with Crippen molar-refractivity contribution in [2.45, 2.75) is 46.3 Å². The summed E-state index contributed by atoms with van der Waals surface area (Å²) in [5, 5.41) is 9.43. The van der Waals surface area contributed by atoms with Gasteiger partial charge in [-0.05, 0) is 19.8 Å². The van der Waals surface area contributed by atoms with Crippen molar-refractivity contribution < 1.29 is 9.59 Å². The van der Waals surface area contributed by atoms with E-state index in [0.717, 1.165) is 5.56 Å². The third-order valence-electron chi connectivity index (χ3n) is 2.90. The molecule has 0 unspecified atom stereocenters. The maximum atomic E-state index is 11.7. The van der Waals surface area contributed by atoms with Crippen LogP contribution in [0.15, 0.2) is 12.4 Å². The van der Waals surface area contributed by atoms with Gasteiger partial charge in [0.15, 0.2) is 0 Å². The SMILES string of the molecule is CC(C)[C@H](NC(=O)NCc1cnn(C(C)C)c1)C(N)=O. The average molecular weight is 281 g/mol. The lowest BCUT2D eigenvalue weighted by molar-refractivity contribution is -0.120. The van der Waals surface area contributed by atoms with Gasteiger partial charge in [-0.15, -0.1) is 0 Å². The minimum absolute atomic E-state index is 0.0538. The quantitative estimate of drug-likeness (QED) is 0.717. The molecule has 112 valence electrons. The standard InChI is InChI=1S/C13H23N5O2/c1-8(2)11(12(14)19)17-13(20)15-5-10-6-16-18(7-10)9(3)4/h6-9,11H,5H2,1-4H3,(H2,14,19)(H2,15,17,20)/t11-/m0/s1. The number of carbonyl (C=O) groups is 2. The van der Waals surface area contributed by atoms with E-state index < -0.39 is 18.0 Å². The number of amides is 3. The predicted octanol–water partition coefficient (Wildman–Crippen LogP) is 0.773. The smallest absolute Gasteiger partial charge is 0.315 e. The van der Waals surface area contributed by atoms with Crippen LogP contribution in [-0.2, 0) is 11.3 Å². The topological polar surface area (TPSA) is 102 Å². The van der Waals surface area contributed by atoms with Gasteiger partial charge in [0.1, 0.15) is 6.04 Å². The van der Waals surface area contributed by atoms with Crippen molar-refractivity contribution in [2.75, 3.05) is 0 Å². The molecule has 7 heteroatoms. The summed E-state index contributed by atoms with van der Waals surface area (Å²) in [6.45, 7) is 8.04. The molecule has 0 fully saturated rings. The summed E-state index contributed by atoms with van der Waals surface area (Å²) in [6.07, 6.45) is 3.58. The number of hydrogen-bond acceptors (Lipinski definition) is 3. The minimum atomic E-state index is -0.673. The number of rotatable bonds is 6. The highest BCUT2D eigenvalue weighted by Crippen LogP contribution is 2.05. The second kappa shape index (κ2) is 6.93. The molecule has 1 aromatic heterocycles. The van der Waals surface area contributed by atoms with Gasteiger partial charge >= 0.3 is 6.03 Å². The molecule has 0 saturated heterocycles. The van der Waals surface area contributed by atoms with Crippen LogP contribution >= 0.6 is 0 Å². The third-order valence-corrected chi connectivity index (χ3v) is 2.90. The Morgan fingerprint density at radius 1 is 1.35 bits per heavy atom. The van der Waals surface area contributed by atoms with Crippen LogP contribution in [0.5, 0.6) is 0 Å². The Bertz CT molecular complexity index is 467. The highest BCUT2D eigenvalue weighted by molar-refractivity contribution is 5.86. The monoisotopic (exact) mass is 281 g/mol. The van der Waals surface area contributed by atoms with Crippen molar-refractivity contribution in [1.29, 1.82) is 0 Å². The normalized spacial score (nSPS) is 12.5. The van der Waals surface area contributed by atoms with E-state index in [1.54, 1.807) is 6.20 Å². The molecule has 3 amide bonds. The molecule has 20 heavy (non-hydrogen) atoms. The summed E-state index contributed by atoms with van der Waals surface area (Å²) in [5.74, 6) is -0.593. The van der Waals surface area contributed by atoms with Gasteiger partial charge in [0.25, 0.3) is 0 Å². The molecule has 0 aliphatic heterocycles. The van der Waals surface area contributed by atoms with E-state index >= 15 is 0 Å². The van der Waals surface area contributed by atoms with Crippen molar-refractivity contribution >= 4 is 11.9 Å². The highest BCUT2D eigenvalue weighted by Gasteiger charge is 2.21. The van der Waals surface area contributed by atoms with Gasteiger partial charge < -0.3 is 16.4 Å². The Hall–Kier alpha value is -2.05. The summed E-state index contributed by atoms with van der Waals surface area (Å²) in [4.78, 5) is 22.9. The van der Waals surface area contributed by atoms with Crippen LogP contribution in [0, 0.1) is 5.92 Å². The first-order chi connectivity index (χ1) is 9.31. The zero-order valence-electron chi connectivity index (χ0n) is 12.4. The summed E-state index contributed by atoms with van der Waals surface area (Å²) in [6, 6.07) is -0.814. The lowest BCUT2D eigenvalue weighted by Gasteiger charge is -2.19. The van der Waals surface area contributed by atoms with Crippen LogP contribution in [0.2, 0.25) is 0 Å². The molecule has 0 radical (unpaired) electrons. The van der Waals surface area contributed by atoms with Crippen LogP contribution in [0.1, 0.15) is 39.3 Å². The van der Waals surface area contributed by atoms with Gasteiger partial charge in [-0.3, -0.25) is 9.48 Å². The van der Waals surface area contributed by atoms with E-state index in [0.29, 0.717) is 6.54 Å². The first-order valence-corrected chi connectivity index (χ1v) is 6.68. The molecule has 0 bridgehead atoms. The zero-order chi connectivity index (χ0) is 15.3. The number of nitrogens with zero attached hydrogens (tertiary/aromatic N) is 2. The van der Waals surface area contributed by atoms with Gasteiger partial charge in [-0.25, -0.2) is 4.79 Å². The zero-order valence-corrected chi connectivity index (χ0v) is 12.4. The van der Waals surface area contributed by atoms with Crippen molar-refractivity contribution in [3.05, 3.63) is 18.0 Å². The van der Waals surface area contributed by atoms with Crippen LogP contribution < -0.4 is 16.4 Å². The number of aromatic nitrogens is 2. The fourth-order valence-corrected chi connectivity index (χ4v) is 1.69. The van der Waals surface area contributed by atoms with E-state index in [9.17, 15) is 9.59 Å². The van der Waals surface area contributed by atoms with E-state index in [1.807, 2.05) is 38.6 Å². The number of carbonyl (C=O) groups excluding carboxylic acids is 2. The number of urea groups is 1. The Morgan fingerprint density at radius 3 is 2.45 bits per heavy atom. The molecule has 1 heterocycles. The molecule has 0 aliphatic rings. The summed E-state index contributed by atoms with van der Waals surface area (Å²) in [5.41, 5.74) is 6.13. The summed E-state index contributed by atoms with van der Waals surface area (Å²) >= 11 is 0. The molecule has 0 aromatic carbocycles. The molecule has 1 rings (SSSR count). The second-order valence-corrected chi connectivity index (χ2v) is 5.37. The number of primary amides is 1. The van der Waals surface area contributed by atoms with Crippen molar-refractivity contribution in [3.63, 3.8) is 0 Å². The third kappa shape index (κ3) is 4.56. The molecular formula is C13H23N5O2. The van der Waals surface area contributed by atoms with Gasteiger partial charge in [-0.2, -0.15) is 5.10 Å². The number of nitrogens with two attached hydrogens (primary N) is 1. The summed E-state index contributed by atoms with van der Waals surface area (Å²) < 4.78 is 1.81. The molecule has 4 N–H and O–H groups in total. The van der Waals surface area contributed by atoms with Crippen LogP contribution in [0.25, 0.3) is 0 Å². The molecule has 0 saturated carbocycles. The Labute approximate surface area is 118 Å². The summed E-state index contributed by atoms with van der Waals surface area (Å²) in [7, 11) is 0. The Morgan fingerprint density at radius 2 is 2.00 bits per heavy atom. The Kier molecular flexibility index (Phi) is 5.54.